The standard InChI is InChI=1S/C38H46ClN5O7S/c1-23-20-52(48,42-36(47)29-19-43(2)40-37(29)50-4)41-35(46)25-8-13-34-31(17-25)44(18-26-7-10-28(26)33(49-3)14-12-32(23)45)21-38(22-51-34)15-5-6-24-16-27(39)9-11-30(24)38/h8-9,11-14,16-17,19,23,26,28,32-33,45H,5-7,10,15,18,20-22H2,1-4H3,(H,41,42,46,47,48)/b14-12+/t23-,26+,28-,32-,33+,38+,52?/m1/s1. The second kappa shape index (κ2) is 14.5. The zero-order chi connectivity index (χ0) is 36.8. The van der Waals surface area contributed by atoms with E-state index in [2.05, 4.69) is 31.2 Å². The van der Waals surface area contributed by atoms with Crippen LogP contribution in [0.2, 0.25) is 5.02 Å². The maximum atomic E-state index is 14.6. The highest BCUT2D eigenvalue weighted by Crippen LogP contribution is 2.47. The van der Waals surface area contributed by atoms with E-state index in [0.717, 1.165) is 37.8 Å². The summed E-state index contributed by atoms with van der Waals surface area (Å²) in [5, 5.41) is 16.1. The monoisotopic (exact) mass is 751 g/mol. The molecule has 3 aromatic rings. The van der Waals surface area contributed by atoms with Crippen LogP contribution in [0.3, 0.4) is 0 Å². The van der Waals surface area contributed by atoms with E-state index >= 15 is 0 Å². The van der Waals surface area contributed by atoms with Gasteiger partial charge in [-0.25, -0.2) is 4.21 Å². The number of carbonyl (C=O) groups excluding carboxylic acids is 2. The Morgan fingerprint density at radius 1 is 1.17 bits per heavy atom. The number of rotatable bonds is 4. The van der Waals surface area contributed by atoms with Crippen LogP contribution in [-0.2, 0) is 33.5 Å². The number of carbonyl (C=O) groups is 2. The molecule has 2 bridgehead atoms. The molecule has 1 aromatic heterocycles. The number of anilines is 1. The van der Waals surface area contributed by atoms with E-state index in [9.17, 15) is 18.9 Å². The van der Waals surface area contributed by atoms with E-state index in [0.29, 0.717) is 30.5 Å². The van der Waals surface area contributed by atoms with E-state index < -0.39 is 33.8 Å². The number of nitrogens with one attached hydrogen (secondary N) is 1. The fraction of sp³-hybridized carbons (Fsp3) is 0.500. The molecule has 1 unspecified atom stereocenters. The highest BCUT2D eigenvalue weighted by molar-refractivity contribution is 7.92. The molecule has 2 aliphatic carbocycles. The molecule has 0 saturated heterocycles. The van der Waals surface area contributed by atoms with Gasteiger partial charge in [-0.3, -0.25) is 19.0 Å². The highest BCUT2D eigenvalue weighted by Gasteiger charge is 2.44. The molecular weight excluding hydrogens is 706 g/mol. The van der Waals surface area contributed by atoms with Crippen LogP contribution in [-0.4, -0.2) is 82.8 Å². The molecule has 2 N–H and O–H groups in total. The van der Waals surface area contributed by atoms with Crippen molar-refractivity contribution in [2.75, 3.05) is 44.6 Å². The molecule has 7 rings (SSSR count). The summed E-state index contributed by atoms with van der Waals surface area (Å²) in [6, 6.07) is 11.3. The normalized spacial score (nSPS) is 30.8. The van der Waals surface area contributed by atoms with Crippen LogP contribution >= 0.6 is 11.6 Å². The van der Waals surface area contributed by atoms with Gasteiger partial charge in [0, 0.05) is 49.4 Å². The lowest BCUT2D eigenvalue weighted by Gasteiger charge is -2.46. The fourth-order valence-electron chi connectivity index (χ4n) is 8.31. The molecule has 7 atom stereocenters. The zero-order valence-corrected chi connectivity index (χ0v) is 31.5. The number of ether oxygens (including phenoxy) is 3. The van der Waals surface area contributed by atoms with Gasteiger partial charge in [0.05, 0.1) is 37.4 Å². The van der Waals surface area contributed by atoms with Gasteiger partial charge < -0.3 is 24.2 Å². The third-order valence-electron chi connectivity index (χ3n) is 11.2. The topological polar surface area (TPSA) is 145 Å². The van der Waals surface area contributed by atoms with Gasteiger partial charge in [0.25, 0.3) is 11.8 Å². The van der Waals surface area contributed by atoms with Crippen LogP contribution in [0.4, 0.5) is 5.69 Å². The Kier molecular flexibility index (Phi) is 10.2. The van der Waals surface area contributed by atoms with Crippen LogP contribution in [0.5, 0.6) is 11.6 Å². The van der Waals surface area contributed by atoms with Crippen molar-refractivity contribution in [2.45, 2.75) is 56.7 Å². The smallest absolute Gasteiger partial charge is 0.286 e. The number of benzene rings is 2. The number of methoxy groups -OCH3 is 2. The predicted octanol–water partition coefficient (Wildman–Crippen LogP) is 5.12. The van der Waals surface area contributed by atoms with Crippen LogP contribution in [0, 0.1) is 17.8 Å². The van der Waals surface area contributed by atoms with Gasteiger partial charge in [-0.05, 0) is 91.3 Å². The number of aromatic nitrogens is 2. The van der Waals surface area contributed by atoms with Crippen molar-refractivity contribution in [1.29, 1.82) is 0 Å². The summed E-state index contributed by atoms with van der Waals surface area (Å²) in [6.07, 6.45) is 8.55. The average Bonchev–Trinajstić information content (AvgIpc) is 3.42. The van der Waals surface area contributed by atoms with Crippen molar-refractivity contribution in [3.63, 3.8) is 0 Å². The minimum atomic E-state index is -3.79. The quantitative estimate of drug-likeness (QED) is 0.348. The molecule has 1 fully saturated rings. The molecule has 14 heteroatoms. The first kappa shape index (κ1) is 36.4. The Morgan fingerprint density at radius 3 is 2.75 bits per heavy atom. The van der Waals surface area contributed by atoms with Gasteiger partial charge in [-0.1, -0.05) is 36.7 Å². The molecule has 2 aliphatic heterocycles. The Morgan fingerprint density at radius 2 is 2.00 bits per heavy atom. The van der Waals surface area contributed by atoms with Crippen molar-refractivity contribution in [2.24, 2.45) is 29.2 Å². The number of hydrogen-bond donors (Lipinski definition) is 2. The molecule has 4 aliphatic rings. The Labute approximate surface area is 309 Å². The third-order valence-corrected chi connectivity index (χ3v) is 13.4. The van der Waals surface area contributed by atoms with Gasteiger partial charge in [0.15, 0.2) is 0 Å². The maximum absolute atomic E-state index is 14.6. The summed E-state index contributed by atoms with van der Waals surface area (Å²) in [6.45, 7) is 3.53. The van der Waals surface area contributed by atoms with E-state index in [1.54, 1.807) is 45.4 Å². The lowest BCUT2D eigenvalue weighted by molar-refractivity contribution is 0.0124. The Bertz CT molecular complexity index is 2030. The summed E-state index contributed by atoms with van der Waals surface area (Å²) in [7, 11) is 0.890. The average molecular weight is 752 g/mol. The first-order valence-corrected chi connectivity index (χ1v) is 19.9. The van der Waals surface area contributed by atoms with Gasteiger partial charge in [-0.2, -0.15) is 0 Å². The second-order valence-electron chi connectivity index (χ2n) is 14.7. The fourth-order valence-corrected chi connectivity index (χ4v) is 10.4. The zero-order valence-electron chi connectivity index (χ0n) is 29.9. The number of fused-ring (bicyclic) bond motifs is 4. The van der Waals surface area contributed by atoms with Gasteiger partial charge in [0.2, 0.25) is 5.88 Å². The van der Waals surface area contributed by atoms with Crippen LogP contribution in [0.1, 0.15) is 64.4 Å². The molecule has 3 heterocycles. The first-order chi connectivity index (χ1) is 24.9. The molecule has 12 nitrogen and oxygen atoms in total. The second-order valence-corrected chi connectivity index (χ2v) is 17.1. The number of aryl methyl sites for hydroxylation is 2. The Hall–Kier alpha value is -3.91. The maximum Gasteiger partial charge on any atom is 0.286 e. The van der Waals surface area contributed by atoms with Crippen molar-refractivity contribution in [3.8, 4) is 11.6 Å². The summed E-state index contributed by atoms with van der Waals surface area (Å²) in [4.78, 5) is 29.9. The van der Waals surface area contributed by atoms with E-state index in [4.69, 9.17) is 25.8 Å². The summed E-state index contributed by atoms with van der Waals surface area (Å²) in [5.74, 6) is -1.29. The molecule has 278 valence electrons. The summed E-state index contributed by atoms with van der Waals surface area (Å²) < 4.78 is 40.6. The number of nitrogens with zero attached hydrogens (tertiary/aromatic N) is 4. The van der Waals surface area contributed by atoms with E-state index in [-0.39, 0.29) is 46.1 Å². The number of hydrogen-bond acceptors (Lipinski definition) is 9. The minimum Gasteiger partial charge on any atom is -0.490 e. The SMILES string of the molecule is COc1nn(C)cc1C(=O)NS1(=O)=NC(=O)c2ccc3c(c2)N(C[C@@H]2CC[C@H]2[C@@H](OC)/C=C/[C@@H](O)[C@H](C)C1)C[C@@]1(CCCc2cc(Cl)ccc21)CO3. The first-order valence-electron chi connectivity index (χ1n) is 17.8. The molecule has 0 radical (unpaired) electrons. The third kappa shape index (κ3) is 7.07. The van der Waals surface area contributed by atoms with Gasteiger partial charge in [-0.15, -0.1) is 9.46 Å². The lowest BCUT2D eigenvalue weighted by atomic mass is 9.68. The minimum absolute atomic E-state index is 0.0331. The van der Waals surface area contributed by atoms with Crippen molar-refractivity contribution in [1.82, 2.24) is 14.5 Å². The van der Waals surface area contributed by atoms with Crippen molar-refractivity contribution in [3.05, 3.63) is 82.0 Å². The van der Waals surface area contributed by atoms with E-state index in [1.165, 1.54) is 29.1 Å². The van der Waals surface area contributed by atoms with Gasteiger partial charge in [0.1, 0.15) is 21.2 Å². The van der Waals surface area contributed by atoms with Crippen LogP contribution < -0.4 is 19.1 Å². The van der Waals surface area contributed by atoms with Crippen molar-refractivity contribution < 1.29 is 33.1 Å². The van der Waals surface area contributed by atoms with Gasteiger partial charge >= 0.3 is 0 Å². The van der Waals surface area contributed by atoms with Crippen molar-refractivity contribution >= 4 is 39.0 Å². The summed E-state index contributed by atoms with van der Waals surface area (Å²) >= 11 is 6.45. The van der Waals surface area contributed by atoms with E-state index in [1.807, 2.05) is 12.1 Å². The largest absolute Gasteiger partial charge is 0.490 e. The summed E-state index contributed by atoms with van der Waals surface area (Å²) in [5.41, 5.74) is 3.17. The predicted molar refractivity (Wildman–Crippen MR) is 199 cm³/mol. The molecule has 1 spiro atoms. The highest BCUT2D eigenvalue weighted by atomic mass is 35.5. The molecule has 2 aromatic carbocycles. The number of aliphatic hydroxyl groups excluding tert-OH is 1. The Balaban J connectivity index is 1.32. The number of amides is 2. The number of aliphatic hydroxyl groups is 1. The van der Waals surface area contributed by atoms with Crippen LogP contribution in [0.25, 0.3) is 0 Å². The molecular formula is C38H46ClN5O7S. The van der Waals surface area contributed by atoms with Crippen LogP contribution in [0.15, 0.2) is 59.1 Å². The molecule has 1 saturated carbocycles. The molecule has 52 heavy (non-hydrogen) atoms. The molecule has 2 amide bonds. The number of halogens is 1. The lowest BCUT2D eigenvalue weighted by Crippen LogP contribution is -2.49.